The van der Waals surface area contributed by atoms with Gasteiger partial charge in [0.1, 0.15) is 4.91 Å². The Hall–Kier alpha value is -2.97. The van der Waals surface area contributed by atoms with Crippen molar-refractivity contribution in [1.29, 1.82) is 0 Å². The molecule has 1 N–H and O–H groups in total. The molecule has 1 saturated carbocycles. The van der Waals surface area contributed by atoms with E-state index in [1.807, 2.05) is 11.0 Å². The second-order valence-electron chi connectivity index (χ2n) is 10.8. The number of piperazine rings is 1. The molecule has 1 amide bonds. The van der Waals surface area contributed by atoms with Crippen molar-refractivity contribution in [3.8, 4) is 0 Å². The van der Waals surface area contributed by atoms with Crippen molar-refractivity contribution in [2.75, 3.05) is 37.4 Å². The van der Waals surface area contributed by atoms with Crippen LogP contribution in [0.25, 0.3) is 0 Å². The Labute approximate surface area is 234 Å². The highest BCUT2D eigenvalue weighted by Crippen LogP contribution is 2.40. The van der Waals surface area contributed by atoms with Crippen LogP contribution in [0.4, 0.5) is 5.69 Å². The number of amides is 1. The van der Waals surface area contributed by atoms with Gasteiger partial charge < -0.3 is 4.90 Å². The topological polar surface area (TPSA) is 82.1 Å². The van der Waals surface area contributed by atoms with Crippen LogP contribution in [-0.2, 0) is 10.0 Å². The van der Waals surface area contributed by atoms with Crippen LogP contribution in [0.5, 0.6) is 0 Å². The van der Waals surface area contributed by atoms with Crippen molar-refractivity contribution in [1.82, 2.24) is 9.80 Å². The van der Waals surface area contributed by atoms with E-state index in [-0.39, 0.29) is 10.8 Å². The number of hydrogen-bond acceptors (Lipinski definition) is 5. The van der Waals surface area contributed by atoms with Crippen molar-refractivity contribution in [3.05, 3.63) is 77.4 Å². The Kier molecular flexibility index (Phi) is 9.62. The van der Waals surface area contributed by atoms with Crippen LogP contribution in [0.15, 0.2) is 76.8 Å². The molecule has 210 valence electrons. The van der Waals surface area contributed by atoms with Gasteiger partial charge in [0, 0.05) is 50.2 Å². The van der Waals surface area contributed by atoms with E-state index in [1.165, 1.54) is 31.9 Å². The molecule has 0 aromatic heterocycles. The largest absolute Gasteiger partial charge is 0.336 e. The van der Waals surface area contributed by atoms with Crippen LogP contribution in [0, 0.1) is 11.8 Å². The summed E-state index contributed by atoms with van der Waals surface area (Å²) in [6, 6.07) is 6.64. The zero-order chi connectivity index (χ0) is 28.0. The molecule has 7 nitrogen and oxygen atoms in total. The molecule has 1 saturated heterocycles. The molecule has 1 atom stereocenters. The monoisotopic (exact) mass is 550 g/mol. The van der Waals surface area contributed by atoms with Gasteiger partial charge in [0.2, 0.25) is 0 Å². The van der Waals surface area contributed by atoms with Gasteiger partial charge >= 0.3 is 0 Å². The van der Waals surface area contributed by atoms with Crippen LogP contribution in [-0.4, -0.2) is 62.6 Å². The highest BCUT2D eigenvalue weighted by molar-refractivity contribution is 7.97. The van der Waals surface area contributed by atoms with Gasteiger partial charge in [-0.2, -0.15) is 0 Å². The molecule has 1 aromatic carbocycles. The average Bonchev–Trinajstić information content (AvgIpc) is 2.90. The quantitative estimate of drug-likeness (QED) is 0.379. The lowest BCUT2D eigenvalue weighted by Crippen LogP contribution is -2.49. The number of aliphatic imine (C=N–C) groups is 1. The number of hydrogen-bond donors (Lipinski definition) is 1. The van der Waals surface area contributed by atoms with E-state index in [0.29, 0.717) is 41.5 Å². The Morgan fingerprint density at radius 3 is 2.38 bits per heavy atom. The zero-order valence-electron chi connectivity index (χ0n) is 23.4. The minimum atomic E-state index is -3.93. The number of anilines is 1. The molecule has 3 aliphatic rings. The second kappa shape index (κ2) is 12.9. The second-order valence-corrected chi connectivity index (χ2v) is 12.4. The highest BCUT2D eigenvalue weighted by Gasteiger charge is 2.33. The number of carbonyl (C=O) groups excluding carboxylic acids is 1. The summed E-state index contributed by atoms with van der Waals surface area (Å²) in [5.41, 5.74) is 2.95. The van der Waals surface area contributed by atoms with E-state index >= 15 is 0 Å². The van der Waals surface area contributed by atoms with Crippen LogP contribution < -0.4 is 4.72 Å². The Bertz CT molecular complexity index is 1270. The summed E-state index contributed by atoms with van der Waals surface area (Å²) >= 11 is 0. The summed E-state index contributed by atoms with van der Waals surface area (Å²) in [6.07, 6.45) is 11.8. The maximum Gasteiger partial charge on any atom is 0.264 e. The maximum absolute atomic E-state index is 13.3. The summed E-state index contributed by atoms with van der Waals surface area (Å²) in [6.45, 7) is 16.6. The lowest BCUT2D eigenvalue weighted by molar-refractivity contribution is 0.0613. The summed E-state index contributed by atoms with van der Waals surface area (Å²) < 4.78 is 29.3. The summed E-state index contributed by atoms with van der Waals surface area (Å²) in [7, 11) is -3.93. The molecule has 0 radical (unpaired) electrons. The third kappa shape index (κ3) is 6.79. The van der Waals surface area contributed by atoms with Crippen LogP contribution in [0.1, 0.15) is 62.7 Å². The number of rotatable bonds is 11. The van der Waals surface area contributed by atoms with E-state index in [4.69, 9.17) is 0 Å². The van der Waals surface area contributed by atoms with Crippen molar-refractivity contribution >= 4 is 27.3 Å². The smallest absolute Gasteiger partial charge is 0.264 e. The van der Waals surface area contributed by atoms with Gasteiger partial charge in [-0.05, 0) is 72.6 Å². The fourth-order valence-electron chi connectivity index (χ4n) is 5.59. The van der Waals surface area contributed by atoms with E-state index in [0.717, 1.165) is 44.0 Å². The van der Waals surface area contributed by atoms with Gasteiger partial charge in [-0.15, -0.1) is 0 Å². The van der Waals surface area contributed by atoms with Gasteiger partial charge in [0.05, 0.1) is 5.71 Å². The van der Waals surface area contributed by atoms with Gasteiger partial charge in [-0.25, -0.2) is 8.42 Å². The Balaban J connectivity index is 1.39. The first-order chi connectivity index (χ1) is 18.8. The lowest BCUT2D eigenvalue weighted by Gasteiger charge is -2.36. The Morgan fingerprint density at radius 2 is 1.82 bits per heavy atom. The normalized spacial score (nSPS) is 20.7. The van der Waals surface area contributed by atoms with Gasteiger partial charge in [-0.3, -0.25) is 19.4 Å². The van der Waals surface area contributed by atoms with Crippen LogP contribution >= 0.6 is 0 Å². The fourth-order valence-corrected chi connectivity index (χ4v) is 6.82. The molecule has 1 unspecified atom stereocenters. The van der Waals surface area contributed by atoms with Crippen LogP contribution in [0.2, 0.25) is 0 Å². The van der Waals surface area contributed by atoms with Crippen molar-refractivity contribution in [3.63, 3.8) is 0 Å². The van der Waals surface area contributed by atoms with E-state index in [2.05, 4.69) is 41.6 Å². The number of carbonyl (C=O) groups is 1. The fraction of sp³-hybridized carbons (Fsp3) is 0.484. The minimum absolute atomic E-state index is 0.0231. The van der Waals surface area contributed by atoms with Crippen LogP contribution in [0.3, 0.4) is 0 Å². The van der Waals surface area contributed by atoms with Crippen molar-refractivity contribution < 1.29 is 13.2 Å². The molecule has 4 rings (SSSR count). The lowest BCUT2D eigenvalue weighted by atomic mass is 9.75. The number of allylic oxidation sites excluding steroid dienone is 5. The third-order valence-corrected chi connectivity index (χ3v) is 9.58. The molecular weight excluding hydrogens is 508 g/mol. The third-order valence-electron chi connectivity index (χ3n) is 8.17. The number of nitrogens with one attached hydrogen (secondary N) is 1. The SMILES string of the molecule is C=CN=C1C(=C)C(C2CCC2)=CC=C1S(=O)(=O)Nc1ccc(C(=O)N2CCN(CC(CC)CCC)CC2)cc1. The molecule has 2 aliphatic carbocycles. The van der Waals surface area contributed by atoms with E-state index in [9.17, 15) is 13.2 Å². The summed E-state index contributed by atoms with van der Waals surface area (Å²) in [5.74, 6) is 1.10. The first-order valence-electron chi connectivity index (χ1n) is 14.2. The van der Waals surface area contributed by atoms with E-state index in [1.54, 1.807) is 30.3 Å². The summed E-state index contributed by atoms with van der Waals surface area (Å²) in [4.78, 5) is 21.8. The number of benzene rings is 1. The summed E-state index contributed by atoms with van der Waals surface area (Å²) in [5, 5.41) is 0. The number of nitrogens with zero attached hydrogens (tertiary/aromatic N) is 3. The van der Waals surface area contributed by atoms with Gasteiger partial charge in [0.25, 0.3) is 15.9 Å². The molecule has 2 fully saturated rings. The minimum Gasteiger partial charge on any atom is -0.336 e. The first kappa shape index (κ1) is 29.0. The highest BCUT2D eigenvalue weighted by atomic mass is 32.2. The molecule has 0 bridgehead atoms. The Morgan fingerprint density at radius 1 is 1.13 bits per heavy atom. The van der Waals surface area contributed by atoms with E-state index < -0.39 is 10.0 Å². The first-order valence-corrected chi connectivity index (χ1v) is 15.7. The van der Waals surface area contributed by atoms with Gasteiger partial charge in [0.15, 0.2) is 0 Å². The van der Waals surface area contributed by atoms with Crippen molar-refractivity contribution in [2.45, 2.75) is 52.4 Å². The number of sulfonamides is 1. The molecule has 8 heteroatoms. The zero-order valence-corrected chi connectivity index (χ0v) is 24.2. The van der Waals surface area contributed by atoms with Crippen molar-refractivity contribution in [2.24, 2.45) is 16.8 Å². The molecule has 39 heavy (non-hydrogen) atoms. The molecule has 1 aliphatic heterocycles. The predicted octanol–water partition coefficient (Wildman–Crippen LogP) is 5.78. The maximum atomic E-state index is 13.3. The predicted molar refractivity (Wildman–Crippen MR) is 160 cm³/mol. The molecular formula is C31H42N4O3S. The molecule has 0 spiro atoms. The molecule has 1 heterocycles. The standard InChI is InChI=1S/C31H42N4O3S/c1-5-9-24(6-2)22-34-18-20-35(21-19-34)31(36)26-12-14-27(15-13-26)33-39(37,38)29-17-16-28(25-10-8-11-25)23(4)30(29)32-7-3/h7,12-17,24-25,33H,3-6,8-11,18-22H2,1-2H3. The van der Waals surface area contributed by atoms with Gasteiger partial charge in [-0.1, -0.05) is 52.3 Å². The molecule has 1 aromatic rings. The average molecular weight is 551 g/mol.